The van der Waals surface area contributed by atoms with Gasteiger partial charge in [0.15, 0.2) is 17.5 Å². The van der Waals surface area contributed by atoms with E-state index in [-0.39, 0.29) is 0 Å². The molecule has 10 aromatic rings. The fourth-order valence-corrected chi connectivity index (χ4v) is 9.33. The maximum Gasteiger partial charge on any atom is 0.164 e. The molecule has 7 aromatic carbocycles. The highest BCUT2D eigenvalue weighted by Gasteiger charge is 2.25. The fourth-order valence-electron chi connectivity index (χ4n) is 8.09. The Kier molecular flexibility index (Phi) is 7.13. The Morgan fingerprint density at radius 1 is 0.481 bits per heavy atom. The molecule has 1 aliphatic carbocycles. The standard InChI is InChI=1S/C49H31N3OS/c1-2-12-30(13-3-1)32-16-8-17-34(28-32)47-50-48(52-49(51-47)40-22-11-25-44-46(40)38-19-6-7-24-43(38)54-44)39-21-10-23-41-45(39)37-27-26-33(29-42(37)53-41)36-20-9-15-31-14-4-5-18-35(31)36/h1-10,12-24,26-29H,11,25H2. The summed E-state index contributed by atoms with van der Waals surface area (Å²) in [6.45, 7) is 0. The molecule has 4 nitrogen and oxygen atoms in total. The van der Waals surface area contributed by atoms with Gasteiger partial charge in [0, 0.05) is 48.0 Å². The number of allylic oxidation sites excluding steroid dienone is 1. The number of hydrogen-bond acceptors (Lipinski definition) is 5. The predicted molar refractivity (Wildman–Crippen MR) is 224 cm³/mol. The molecule has 0 unspecified atom stereocenters. The molecule has 0 saturated carbocycles. The van der Waals surface area contributed by atoms with Gasteiger partial charge in [0.1, 0.15) is 11.2 Å². The van der Waals surface area contributed by atoms with E-state index in [2.05, 4.69) is 146 Å². The van der Waals surface area contributed by atoms with Crippen molar-refractivity contribution in [2.24, 2.45) is 0 Å². The van der Waals surface area contributed by atoms with E-state index in [1.165, 1.54) is 36.9 Å². The molecule has 0 spiro atoms. The second kappa shape index (κ2) is 12.5. The minimum Gasteiger partial charge on any atom is -0.456 e. The summed E-state index contributed by atoms with van der Waals surface area (Å²) in [5, 5.41) is 5.72. The predicted octanol–water partition coefficient (Wildman–Crippen LogP) is 13.2. The minimum atomic E-state index is 0.624. The van der Waals surface area contributed by atoms with Crippen molar-refractivity contribution in [3.63, 3.8) is 0 Å². The second-order valence-corrected chi connectivity index (χ2v) is 15.0. The third-order valence-corrected chi connectivity index (χ3v) is 11.8. The van der Waals surface area contributed by atoms with E-state index >= 15 is 0 Å². The van der Waals surface area contributed by atoms with Crippen LogP contribution in [0.25, 0.3) is 93.4 Å². The van der Waals surface area contributed by atoms with E-state index in [9.17, 15) is 0 Å². The summed E-state index contributed by atoms with van der Waals surface area (Å²) in [4.78, 5) is 17.2. The molecule has 254 valence electrons. The van der Waals surface area contributed by atoms with Crippen molar-refractivity contribution in [3.8, 4) is 45.0 Å². The molecule has 0 aliphatic heterocycles. The monoisotopic (exact) mass is 709 g/mol. The van der Waals surface area contributed by atoms with Crippen LogP contribution in [0, 0.1) is 0 Å². The zero-order valence-corrected chi connectivity index (χ0v) is 30.0. The molecule has 0 N–H and O–H groups in total. The lowest BCUT2D eigenvalue weighted by Gasteiger charge is -2.16. The van der Waals surface area contributed by atoms with Crippen molar-refractivity contribution in [2.75, 3.05) is 0 Å². The van der Waals surface area contributed by atoms with Crippen molar-refractivity contribution < 1.29 is 4.42 Å². The third kappa shape index (κ3) is 5.08. The van der Waals surface area contributed by atoms with Gasteiger partial charge in [-0.25, -0.2) is 15.0 Å². The molecule has 0 radical (unpaired) electrons. The van der Waals surface area contributed by atoms with E-state index in [0.717, 1.165) is 68.2 Å². The second-order valence-electron chi connectivity index (χ2n) is 13.8. The van der Waals surface area contributed by atoms with E-state index in [1.807, 2.05) is 29.5 Å². The average molecular weight is 710 g/mol. The van der Waals surface area contributed by atoms with Crippen LogP contribution in [0.15, 0.2) is 168 Å². The lowest BCUT2D eigenvalue weighted by atomic mass is 9.94. The molecule has 0 atom stereocenters. The Hall–Kier alpha value is -6.69. The first-order valence-electron chi connectivity index (χ1n) is 18.3. The summed E-state index contributed by atoms with van der Waals surface area (Å²) < 4.78 is 7.91. The molecule has 5 heteroatoms. The molecule has 1 aliphatic rings. The van der Waals surface area contributed by atoms with Gasteiger partial charge in [-0.15, -0.1) is 11.3 Å². The molecule has 54 heavy (non-hydrogen) atoms. The van der Waals surface area contributed by atoms with Gasteiger partial charge in [-0.05, 0) is 76.2 Å². The highest BCUT2D eigenvalue weighted by atomic mass is 32.1. The molecule has 0 bridgehead atoms. The van der Waals surface area contributed by atoms with Gasteiger partial charge >= 0.3 is 0 Å². The van der Waals surface area contributed by atoms with Crippen LogP contribution in [0.2, 0.25) is 0 Å². The number of aryl methyl sites for hydroxylation is 1. The third-order valence-electron chi connectivity index (χ3n) is 10.6. The topological polar surface area (TPSA) is 51.8 Å². The van der Waals surface area contributed by atoms with Gasteiger partial charge in [-0.1, -0.05) is 133 Å². The van der Waals surface area contributed by atoms with Crippen molar-refractivity contribution in [2.45, 2.75) is 12.8 Å². The van der Waals surface area contributed by atoms with Crippen LogP contribution >= 0.6 is 11.3 Å². The zero-order chi connectivity index (χ0) is 35.6. The summed E-state index contributed by atoms with van der Waals surface area (Å²) in [7, 11) is 0. The molecule has 0 amide bonds. The van der Waals surface area contributed by atoms with Crippen molar-refractivity contribution >= 4 is 59.7 Å². The molecular formula is C49H31N3OS. The Balaban J connectivity index is 1.12. The zero-order valence-electron chi connectivity index (χ0n) is 29.2. The van der Waals surface area contributed by atoms with Gasteiger partial charge in [-0.3, -0.25) is 0 Å². The van der Waals surface area contributed by atoms with Crippen LogP contribution in [0.5, 0.6) is 0 Å². The number of fused-ring (bicyclic) bond motifs is 7. The van der Waals surface area contributed by atoms with Gasteiger partial charge in [0.2, 0.25) is 0 Å². The van der Waals surface area contributed by atoms with Crippen molar-refractivity contribution in [3.05, 3.63) is 180 Å². The number of nitrogens with zero attached hydrogens (tertiary/aromatic N) is 3. The highest BCUT2D eigenvalue weighted by molar-refractivity contribution is 7.19. The summed E-state index contributed by atoms with van der Waals surface area (Å²) in [6, 6.07) is 55.3. The summed E-state index contributed by atoms with van der Waals surface area (Å²) >= 11 is 1.88. The largest absolute Gasteiger partial charge is 0.456 e. The summed E-state index contributed by atoms with van der Waals surface area (Å²) in [6.07, 6.45) is 4.27. The molecule has 11 rings (SSSR count). The summed E-state index contributed by atoms with van der Waals surface area (Å²) in [5.74, 6) is 1.95. The maximum atomic E-state index is 6.62. The summed E-state index contributed by atoms with van der Waals surface area (Å²) in [5.41, 5.74) is 10.4. The van der Waals surface area contributed by atoms with Crippen molar-refractivity contribution in [1.82, 2.24) is 15.0 Å². The van der Waals surface area contributed by atoms with Crippen LogP contribution in [-0.2, 0) is 6.42 Å². The lowest BCUT2D eigenvalue weighted by molar-refractivity contribution is 0.669. The molecule has 0 fully saturated rings. The van der Waals surface area contributed by atoms with Gasteiger partial charge < -0.3 is 4.42 Å². The Labute approximate surface area is 315 Å². The molecule has 0 saturated heterocycles. The van der Waals surface area contributed by atoms with E-state index < -0.39 is 0 Å². The Morgan fingerprint density at radius 3 is 2.15 bits per heavy atom. The SMILES string of the molecule is C1=C(c2nc(-c3cccc(-c4ccccc4)c3)nc(-c3cccc4oc5cc(-c6cccc7ccccc67)ccc5c34)n2)c2c(sc3ccccc23)CC1. The number of hydrogen-bond donors (Lipinski definition) is 0. The number of aromatic nitrogens is 3. The number of rotatable bonds is 5. The first-order valence-corrected chi connectivity index (χ1v) is 19.1. The van der Waals surface area contributed by atoms with E-state index in [1.54, 1.807) is 0 Å². The van der Waals surface area contributed by atoms with Gasteiger partial charge in [-0.2, -0.15) is 0 Å². The van der Waals surface area contributed by atoms with Gasteiger partial charge in [0.05, 0.1) is 0 Å². The van der Waals surface area contributed by atoms with Crippen LogP contribution in [0.4, 0.5) is 0 Å². The van der Waals surface area contributed by atoms with Crippen LogP contribution in [0.3, 0.4) is 0 Å². The van der Waals surface area contributed by atoms with E-state index in [0.29, 0.717) is 17.5 Å². The first kappa shape index (κ1) is 30.9. The van der Waals surface area contributed by atoms with Crippen LogP contribution in [0.1, 0.15) is 22.7 Å². The lowest BCUT2D eigenvalue weighted by Crippen LogP contribution is -2.06. The molecule has 3 heterocycles. The van der Waals surface area contributed by atoms with Gasteiger partial charge in [0.25, 0.3) is 0 Å². The molecule has 3 aromatic heterocycles. The normalized spacial score (nSPS) is 12.8. The van der Waals surface area contributed by atoms with Crippen LogP contribution < -0.4 is 0 Å². The van der Waals surface area contributed by atoms with Crippen molar-refractivity contribution in [1.29, 1.82) is 0 Å². The minimum absolute atomic E-state index is 0.624. The number of furan rings is 1. The number of benzene rings is 7. The van der Waals surface area contributed by atoms with E-state index in [4.69, 9.17) is 19.4 Å². The Morgan fingerprint density at radius 2 is 1.20 bits per heavy atom. The maximum absolute atomic E-state index is 6.62. The fraction of sp³-hybridized carbons (Fsp3) is 0.0408. The highest BCUT2D eigenvalue weighted by Crippen LogP contribution is 2.43. The number of thiophene rings is 1. The average Bonchev–Trinajstić information content (AvgIpc) is 3.82. The first-order chi connectivity index (χ1) is 26.7. The smallest absolute Gasteiger partial charge is 0.164 e. The Bertz CT molecular complexity index is 3110. The molecular weight excluding hydrogens is 679 g/mol. The van der Waals surface area contributed by atoms with Crippen LogP contribution in [-0.4, -0.2) is 15.0 Å². The quantitative estimate of drug-likeness (QED) is 0.178.